The molecule has 0 spiro atoms. The van der Waals surface area contributed by atoms with Gasteiger partial charge in [-0.25, -0.2) is 14.4 Å². The molecule has 0 aliphatic carbocycles. The molecule has 6 nitrogen and oxygen atoms in total. The molecule has 0 fully saturated rings. The first-order valence-electron chi connectivity index (χ1n) is 9.54. The predicted octanol–water partition coefficient (Wildman–Crippen LogP) is 3.93. The summed E-state index contributed by atoms with van der Waals surface area (Å²) in [6, 6.07) is 17.8. The van der Waals surface area contributed by atoms with Gasteiger partial charge in [-0.3, -0.25) is 0 Å². The van der Waals surface area contributed by atoms with Gasteiger partial charge in [-0.2, -0.15) is 4.98 Å². The molecule has 2 aromatic heterocycles. The Morgan fingerprint density at radius 3 is 2.50 bits per heavy atom. The molecule has 30 heavy (non-hydrogen) atoms. The predicted molar refractivity (Wildman–Crippen MR) is 111 cm³/mol. The van der Waals surface area contributed by atoms with Gasteiger partial charge in [-0.15, -0.1) is 0 Å². The molecule has 1 N–H and O–H groups in total. The summed E-state index contributed by atoms with van der Waals surface area (Å²) in [5, 5.41) is 10.2. The molecule has 2 heterocycles. The van der Waals surface area contributed by atoms with E-state index >= 15 is 0 Å². The van der Waals surface area contributed by atoms with Gasteiger partial charge < -0.3 is 14.4 Å². The Kier molecular flexibility index (Phi) is 5.81. The fourth-order valence-corrected chi connectivity index (χ4v) is 3.42. The van der Waals surface area contributed by atoms with E-state index in [0.717, 1.165) is 11.1 Å². The van der Waals surface area contributed by atoms with E-state index in [4.69, 9.17) is 4.74 Å². The molecule has 0 saturated carbocycles. The summed E-state index contributed by atoms with van der Waals surface area (Å²) >= 11 is 0. The van der Waals surface area contributed by atoms with E-state index in [1.54, 1.807) is 30.7 Å². The van der Waals surface area contributed by atoms with Crippen LogP contribution < -0.4 is 4.74 Å². The molecule has 7 heteroatoms. The summed E-state index contributed by atoms with van der Waals surface area (Å²) in [4.78, 5) is 13.1. The number of benzene rings is 2. The number of methoxy groups -OCH3 is 1. The summed E-state index contributed by atoms with van der Waals surface area (Å²) in [5.74, 6) is -0.319. The summed E-state index contributed by atoms with van der Waals surface area (Å²) in [6.07, 6.45) is 3.91. The van der Waals surface area contributed by atoms with Crippen molar-refractivity contribution in [2.24, 2.45) is 0 Å². The molecule has 0 amide bonds. The van der Waals surface area contributed by atoms with Crippen molar-refractivity contribution in [3.8, 4) is 28.7 Å². The van der Waals surface area contributed by atoms with Crippen LogP contribution in [0.5, 0.6) is 6.01 Å². The standard InChI is InChI=1S/C23H21FN4O2/c1-30-23-25-12-11-20(27-23)22-21(17-7-9-18(24)10-8-17)26-15-28(22)19(14-29)13-16-5-3-2-4-6-16/h2-12,15,19,29H,13-14H2,1H3/t19-/m0/s1. The summed E-state index contributed by atoms with van der Waals surface area (Å²) in [5.41, 5.74) is 3.80. The smallest absolute Gasteiger partial charge is 0.316 e. The van der Waals surface area contributed by atoms with Gasteiger partial charge in [0.2, 0.25) is 0 Å². The van der Waals surface area contributed by atoms with Crippen molar-refractivity contribution < 1.29 is 14.2 Å². The lowest BCUT2D eigenvalue weighted by Crippen LogP contribution is -2.17. The second-order valence-corrected chi connectivity index (χ2v) is 6.81. The van der Waals surface area contributed by atoms with Crippen LogP contribution in [-0.4, -0.2) is 38.3 Å². The summed E-state index contributed by atoms with van der Waals surface area (Å²) in [6.45, 7) is -0.0800. The van der Waals surface area contributed by atoms with Crippen molar-refractivity contribution in [1.82, 2.24) is 19.5 Å². The van der Waals surface area contributed by atoms with Gasteiger partial charge in [0.15, 0.2) is 0 Å². The van der Waals surface area contributed by atoms with Crippen molar-refractivity contribution in [2.45, 2.75) is 12.5 Å². The van der Waals surface area contributed by atoms with Crippen LogP contribution in [0.1, 0.15) is 11.6 Å². The minimum absolute atomic E-state index is 0.0800. The number of aliphatic hydroxyl groups is 1. The number of rotatable bonds is 7. The van der Waals surface area contributed by atoms with Crippen LogP contribution in [0.4, 0.5) is 4.39 Å². The molecular weight excluding hydrogens is 383 g/mol. The lowest BCUT2D eigenvalue weighted by atomic mass is 10.0. The molecule has 152 valence electrons. The van der Waals surface area contributed by atoms with E-state index in [-0.39, 0.29) is 24.5 Å². The average Bonchev–Trinajstić information content (AvgIpc) is 3.23. The Labute approximate surface area is 173 Å². The van der Waals surface area contributed by atoms with E-state index in [1.807, 2.05) is 34.9 Å². The number of imidazole rings is 1. The molecule has 4 rings (SSSR count). The van der Waals surface area contributed by atoms with Gasteiger partial charge in [0.1, 0.15) is 5.82 Å². The van der Waals surface area contributed by atoms with Gasteiger partial charge in [0.25, 0.3) is 0 Å². The highest BCUT2D eigenvalue weighted by molar-refractivity contribution is 5.77. The molecule has 0 aliphatic heterocycles. The lowest BCUT2D eigenvalue weighted by molar-refractivity contribution is 0.228. The Hall–Kier alpha value is -3.58. The molecule has 4 aromatic rings. The second kappa shape index (κ2) is 8.84. The normalized spacial score (nSPS) is 12.0. The van der Waals surface area contributed by atoms with Crippen LogP contribution in [-0.2, 0) is 6.42 Å². The van der Waals surface area contributed by atoms with Gasteiger partial charge in [0.05, 0.1) is 43.2 Å². The maximum absolute atomic E-state index is 13.5. The number of nitrogens with zero attached hydrogens (tertiary/aromatic N) is 4. The molecule has 2 aromatic carbocycles. The van der Waals surface area contributed by atoms with E-state index < -0.39 is 0 Å². The van der Waals surface area contributed by atoms with Crippen LogP contribution in [0.15, 0.2) is 73.2 Å². The molecular formula is C23H21FN4O2. The zero-order chi connectivity index (χ0) is 20.9. The fourth-order valence-electron chi connectivity index (χ4n) is 3.42. The maximum Gasteiger partial charge on any atom is 0.316 e. The third-order valence-corrected chi connectivity index (χ3v) is 4.89. The Bertz CT molecular complexity index is 1110. The van der Waals surface area contributed by atoms with Gasteiger partial charge >= 0.3 is 6.01 Å². The number of aromatic nitrogens is 4. The number of hydrogen-bond donors (Lipinski definition) is 1. The van der Waals surface area contributed by atoms with Gasteiger partial charge in [-0.1, -0.05) is 30.3 Å². The van der Waals surface area contributed by atoms with Gasteiger partial charge in [0, 0.05) is 11.8 Å². The van der Waals surface area contributed by atoms with Gasteiger partial charge in [-0.05, 0) is 42.3 Å². The number of ether oxygens (including phenoxy) is 1. The van der Waals surface area contributed by atoms with Crippen molar-refractivity contribution in [1.29, 1.82) is 0 Å². The number of halogens is 1. The third kappa shape index (κ3) is 4.06. The van der Waals surface area contributed by atoms with E-state index in [9.17, 15) is 9.50 Å². The summed E-state index contributed by atoms with van der Waals surface area (Å²) in [7, 11) is 1.50. The van der Waals surface area contributed by atoms with Crippen LogP contribution in [0.2, 0.25) is 0 Å². The highest BCUT2D eigenvalue weighted by Crippen LogP contribution is 2.33. The topological polar surface area (TPSA) is 73.1 Å². The minimum atomic E-state index is -0.319. The molecule has 0 radical (unpaired) electrons. The second-order valence-electron chi connectivity index (χ2n) is 6.81. The molecule has 0 bridgehead atoms. The third-order valence-electron chi connectivity index (χ3n) is 4.89. The monoisotopic (exact) mass is 404 g/mol. The van der Waals surface area contributed by atoms with Crippen molar-refractivity contribution in [2.75, 3.05) is 13.7 Å². The maximum atomic E-state index is 13.5. The minimum Gasteiger partial charge on any atom is -0.467 e. The Morgan fingerprint density at radius 1 is 1.03 bits per heavy atom. The van der Waals surface area contributed by atoms with E-state index in [1.165, 1.54) is 19.2 Å². The van der Waals surface area contributed by atoms with Crippen molar-refractivity contribution in [3.63, 3.8) is 0 Å². The molecule has 0 unspecified atom stereocenters. The van der Waals surface area contributed by atoms with Crippen LogP contribution in [0.25, 0.3) is 22.6 Å². The Balaban J connectivity index is 1.84. The zero-order valence-electron chi connectivity index (χ0n) is 16.4. The van der Waals surface area contributed by atoms with E-state index in [2.05, 4.69) is 15.0 Å². The first kappa shape index (κ1) is 19.7. The Morgan fingerprint density at radius 2 is 1.80 bits per heavy atom. The largest absolute Gasteiger partial charge is 0.467 e. The lowest BCUT2D eigenvalue weighted by Gasteiger charge is -2.19. The highest BCUT2D eigenvalue weighted by Gasteiger charge is 2.22. The zero-order valence-corrected chi connectivity index (χ0v) is 16.4. The van der Waals surface area contributed by atoms with Crippen LogP contribution >= 0.6 is 0 Å². The van der Waals surface area contributed by atoms with Crippen molar-refractivity contribution >= 4 is 0 Å². The average molecular weight is 404 g/mol. The molecule has 0 saturated heterocycles. The quantitative estimate of drug-likeness (QED) is 0.505. The van der Waals surface area contributed by atoms with Crippen LogP contribution in [0, 0.1) is 5.82 Å². The summed E-state index contributed by atoms with van der Waals surface area (Å²) < 4.78 is 20.6. The van der Waals surface area contributed by atoms with Crippen LogP contribution in [0.3, 0.4) is 0 Å². The SMILES string of the molecule is COc1nccc(-c2c(-c3ccc(F)cc3)ncn2[C@H](CO)Cc2ccccc2)n1. The molecule has 1 atom stereocenters. The number of hydrogen-bond acceptors (Lipinski definition) is 5. The fraction of sp³-hybridized carbons (Fsp3) is 0.174. The molecule has 0 aliphatic rings. The first-order chi connectivity index (χ1) is 14.7. The highest BCUT2D eigenvalue weighted by atomic mass is 19.1. The number of aliphatic hydroxyl groups excluding tert-OH is 1. The van der Waals surface area contributed by atoms with Crippen molar-refractivity contribution in [3.05, 3.63) is 84.6 Å². The first-order valence-corrected chi connectivity index (χ1v) is 9.54. The van der Waals surface area contributed by atoms with E-state index in [0.29, 0.717) is 23.5 Å².